The summed E-state index contributed by atoms with van der Waals surface area (Å²) < 4.78 is 46.0. The first-order chi connectivity index (χ1) is 8.35. The van der Waals surface area contributed by atoms with E-state index in [0.29, 0.717) is 5.75 Å². The van der Waals surface area contributed by atoms with Crippen LogP contribution in [0.4, 0.5) is 13.2 Å². The quantitative estimate of drug-likeness (QED) is 0.579. The minimum Gasteiger partial charge on any atom is -0.493 e. The Hall–Kier alpha value is -1.57. The lowest BCUT2D eigenvalue weighted by atomic mass is 10.2. The van der Waals surface area contributed by atoms with E-state index in [1.807, 2.05) is 0 Å². The second-order valence-corrected chi connectivity index (χ2v) is 3.53. The zero-order valence-corrected chi connectivity index (χ0v) is 9.95. The number of halogens is 3. The van der Waals surface area contributed by atoms with Gasteiger partial charge in [0, 0.05) is 13.5 Å². The van der Waals surface area contributed by atoms with Gasteiger partial charge in [-0.1, -0.05) is 0 Å². The number of methoxy groups -OCH3 is 1. The summed E-state index contributed by atoms with van der Waals surface area (Å²) in [6, 6.07) is 0. The van der Waals surface area contributed by atoms with Crippen LogP contribution >= 0.6 is 0 Å². The molecular weight excluding hydrogens is 253 g/mol. The van der Waals surface area contributed by atoms with E-state index in [4.69, 9.17) is 4.74 Å². The zero-order chi connectivity index (χ0) is 13.8. The van der Waals surface area contributed by atoms with Gasteiger partial charge in [0.25, 0.3) is 0 Å². The molecule has 0 atom stereocenters. The van der Waals surface area contributed by atoms with Crippen molar-refractivity contribution in [2.45, 2.75) is 12.6 Å². The van der Waals surface area contributed by atoms with E-state index in [0.717, 1.165) is 0 Å². The van der Waals surface area contributed by atoms with Crippen LogP contribution in [0.5, 0.6) is 5.75 Å². The number of ether oxygens (including phenoxy) is 2. The summed E-state index contributed by atoms with van der Waals surface area (Å²) in [5.41, 5.74) is 0.216. The number of aryl methyl sites for hydroxylation is 1. The van der Waals surface area contributed by atoms with Crippen LogP contribution < -0.4 is 4.74 Å². The van der Waals surface area contributed by atoms with E-state index in [1.165, 1.54) is 18.0 Å². The Morgan fingerprint density at radius 3 is 2.72 bits per heavy atom. The Morgan fingerprint density at radius 1 is 1.50 bits per heavy atom. The molecule has 1 aromatic heterocycles. The summed E-state index contributed by atoms with van der Waals surface area (Å²) >= 11 is 0. The molecule has 0 radical (unpaired) electrons. The van der Waals surface area contributed by atoms with Gasteiger partial charge in [-0.3, -0.25) is 9.48 Å². The third kappa shape index (κ3) is 4.02. The van der Waals surface area contributed by atoms with E-state index in [-0.39, 0.29) is 24.5 Å². The number of carbonyl (C=O) groups is 1. The zero-order valence-electron chi connectivity index (χ0n) is 9.95. The fourth-order valence-electron chi connectivity index (χ4n) is 1.36. The third-order valence-electron chi connectivity index (χ3n) is 2.13. The van der Waals surface area contributed by atoms with Crippen LogP contribution in [-0.4, -0.2) is 42.1 Å². The van der Waals surface area contributed by atoms with Crippen LogP contribution in [0.3, 0.4) is 0 Å². The monoisotopic (exact) mass is 266 g/mol. The minimum atomic E-state index is -4.38. The van der Waals surface area contributed by atoms with Crippen molar-refractivity contribution in [3.05, 3.63) is 11.9 Å². The number of carbonyl (C=O) groups excluding carboxylic acids is 1. The number of aromatic nitrogens is 2. The fraction of sp³-hybridized carbons (Fsp3) is 0.600. The number of ketones is 1. The van der Waals surface area contributed by atoms with Crippen molar-refractivity contribution < 1.29 is 27.4 Å². The molecule has 0 N–H and O–H groups in total. The van der Waals surface area contributed by atoms with Gasteiger partial charge in [-0.25, -0.2) is 0 Å². The molecule has 1 rings (SSSR count). The average molecular weight is 266 g/mol. The van der Waals surface area contributed by atoms with Gasteiger partial charge < -0.3 is 9.47 Å². The number of hydrogen-bond acceptors (Lipinski definition) is 4. The Bertz CT molecular complexity index is 415. The molecule has 0 bridgehead atoms. The summed E-state index contributed by atoms with van der Waals surface area (Å²) in [5, 5.41) is 3.83. The van der Waals surface area contributed by atoms with E-state index in [9.17, 15) is 18.0 Å². The third-order valence-corrected chi connectivity index (χ3v) is 2.13. The Labute approximate surface area is 101 Å². The van der Waals surface area contributed by atoms with E-state index in [2.05, 4.69) is 9.84 Å². The molecule has 0 aliphatic heterocycles. The maximum atomic E-state index is 11.8. The molecule has 8 heteroatoms. The highest BCUT2D eigenvalue weighted by Crippen LogP contribution is 2.19. The molecule has 102 valence electrons. The van der Waals surface area contributed by atoms with Crippen LogP contribution in [0.2, 0.25) is 0 Å². The molecule has 1 heterocycles. The summed E-state index contributed by atoms with van der Waals surface area (Å²) in [6.07, 6.45) is -3.18. The van der Waals surface area contributed by atoms with Crippen LogP contribution in [-0.2, 0) is 11.8 Å². The van der Waals surface area contributed by atoms with Crippen molar-refractivity contribution in [2.75, 3.05) is 20.3 Å². The predicted octanol–water partition coefficient (Wildman–Crippen LogP) is 1.58. The topological polar surface area (TPSA) is 53.4 Å². The normalized spacial score (nSPS) is 11.6. The molecule has 0 spiro atoms. The Balaban J connectivity index is 2.48. The van der Waals surface area contributed by atoms with Crippen molar-refractivity contribution in [1.82, 2.24) is 9.78 Å². The van der Waals surface area contributed by atoms with Gasteiger partial charge in [-0.05, 0) is 0 Å². The number of alkyl halides is 3. The van der Waals surface area contributed by atoms with Gasteiger partial charge in [0.05, 0.1) is 19.9 Å². The fourth-order valence-corrected chi connectivity index (χ4v) is 1.36. The number of hydrogen-bond donors (Lipinski definition) is 0. The lowest BCUT2D eigenvalue weighted by molar-refractivity contribution is -0.173. The van der Waals surface area contributed by atoms with Crippen LogP contribution in [0.15, 0.2) is 6.20 Å². The van der Waals surface area contributed by atoms with E-state index >= 15 is 0 Å². The van der Waals surface area contributed by atoms with Gasteiger partial charge in [0.1, 0.15) is 12.3 Å². The van der Waals surface area contributed by atoms with E-state index in [1.54, 1.807) is 7.05 Å². The summed E-state index contributed by atoms with van der Waals surface area (Å²) in [6.45, 7) is -1.66. The molecule has 0 fully saturated rings. The molecule has 1 aromatic rings. The first-order valence-corrected chi connectivity index (χ1v) is 5.09. The molecule has 0 saturated heterocycles. The number of nitrogens with zero attached hydrogens (tertiary/aromatic N) is 2. The lowest BCUT2D eigenvalue weighted by Gasteiger charge is -2.07. The van der Waals surface area contributed by atoms with Gasteiger partial charge in [-0.2, -0.15) is 18.3 Å². The first-order valence-electron chi connectivity index (χ1n) is 5.09. The van der Waals surface area contributed by atoms with E-state index < -0.39 is 12.8 Å². The molecule has 0 aromatic carbocycles. The van der Waals surface area contributed by atoms with Crippen molar-refractivity contribution >= 4 is 5.78 Å². The lowest BCUT2D eigenvalue weighted by Crippen LogP contribution is -2.19. The van der Waals surface area contributed by atoms with Crippen molar-refractivity contribution in [3.8, 4) is 5.75 Å². The van der Waals surface area contributed by atoms with Gasteiger partial charge >= 0.3 is 6.18 Å². The van der Waals surface area contributed by atoms with Gasteiger partial charge in [-0.15, -0.1) is 0 Å². The molecular formula is C10H13F3N2O3. The molecule has 0 unspecified atom stereocenters. The van der Waals surface area contributed by atoms with Crippen LogP contribution in [0, 0.1) is 0 Å². The van der Waals surface area contributed by atoms with Crippen molar-refractivity contribution in [2.24, 2.45) is 7.05 Å². The number of rotatable bonds is 6. The first kappa shape index (κ1) is 14.5. The average Bonchev–Trinajstić information content (AvgIpc) is 2.64. The summed E-state index contributed by atoms with van der Waals surface area (Å²) in [4.78, 5) is 11.7. The second-order valence-electron chi connectivity index (χ2n) is 3.53. The van der Waals surface area contributed by atoms with Crippen molar-refractivity contribution in [1.29, 1.82) is 0 Å². The highest BCUT2D eigenvalue weighted by atomic mass is 19.4. The molecule has 5 nitrogen and oxygen atoms in total. The summed E-state index contributed by atoms with van der Waals surface area (Å²) in [7, 11) is 2.93. The number of Topliss-reactive ketones (excluding diaryl/α,β-unsaturated/α-hetero) is 1. The molecule has 18 heavy (non-hydrogen) atoms. The highest BCUT2D eigenvalue weighted by Gasteiger charge is 2.27. The van der Waals surface area contributed by atoms with Gasteiger partial charge in [0.2, 0.25) is 0 Å². The minimum absolute atomic E-state index is 0.161. The molecule has 0 aliphatic rings. The molecule has 0 saturated carbocycles. The van der Waals surface area contributed by atoms with Gasteiger partial charge in [0.15, 0.2) is 11.5 Å². The summed E-state index contributed by atoms with van der Waals surface area (Å²) in [5.74, 6) is -0.0904. The second kappa shape index (κ2) is 5.85. The Morgan fingerprint density at radius 2 is 2.17 bits per heavy atom. The SMILES string of the molecule is COc1cnn(C)c1C(=O)CCOCC(F)(F)F. The standard InChI is InChI=1S/C10H13F3N2O3/c1-15-9(8(17-2)5-14-15)7(16)3-4-18-6-10(11,12)13/h5H,3-4,6H2,1-2H3. The maximum absolute atomic E-state index is 11.8. The van der Waals surface area contributed by atoms with Crippen molar-refractivity contribution in [3.63, 3.8) is 0 Å². The van der Waals surface area contributed by atoms with Crippen LogP contribution in [0.1, 0.15) is 16.9 Å². The highest BCUT2D eigenvalue weighted by molar-refractivity contribution is 5.97. The Kier molecular flexibility index (Phi) is 4.71. The molecule has 0 amide bonds. The largest absolute Gasteiger partial charge is 0.493 e. The molecule has 0 aliphatic carbocycles. The van der Waals surface area contributed by atoms with Crippen LogP contribution in [0.25, 0.3) is 0 Å². The smallest absolute Gasteiger partial charge is 0.411 e. The maximum Gasteiger partial charge on any atom is 0.411 e. The predicted molar refractivity (Wildman–Crippen MR) is 55.6 cm³/mol.